The van der Waals surface area contributed by atoms with E-state index in [4.69, 9.17) is 52.1 Å². The van der Waals surface area contributed by atoms with Gasteiger partial charge in [-0.3, -0.25) is 9.59 Å². The number of aromatic amines is 2. The first-order valence-corrected chi connectivity index (χ1v) is 23.3. The lowest BCUT2D eigenvalue weighted by Gasteiger charge is -2.34. The Morgan fingerprint density at radius 1 is 0.652 bits per heavy atom. The van der Waals surface area contributed by atoms with Crippen LogP contribution in [-0.4, -0.2) is 120 Å². The average molecular weight is 944 g/mol. The predicted octanol–water partition coefficient (Wildman–Crippen LogP) is 7.29. The van der Waals surface area contributed by atoms with E-state index in [1.165, 1.54) is 14.2 Å². The highest BCUT2D eigenvalue weighted by Gasteiger charge is 2.44. The van der Waals surface area contributed by atoms with Gasteiger partial charge in [0.1, 0.15) is 45.4 Å². The van der Waals surface area contributed by atoms with Crippen molar-refractivity contribution in [3.05, 3.63) is 81.6 Å². The highest BCUT2D eigenvalue weighted by atomic mass is 35.5. The first-order valence-electron chi connectivity index (χ1n) is 22.6. The van der Waals surface area contributed by atoms with E-state index in [9.17, 15) is 19.2 Å². The molecule has 8 rings (SSSR count). The summed E-state index contributed by atoms with van der Waals surface area (Å²) in [6, 6.07) is 13.1. The van der Waals surface area contributed by atoms with Gasteiger partial charge in [-0.2, -0.15) is 0 Å². The molecule has 0 saturated carbocycles. The topological polar surface area (TPSA) is 193 Å². The number of amides is 4. The molecule has 2 aromatic carbocycles. The Morgan fingerprint density at radius 3 is 1.36 bits per heavy atom. The molecule has 4 amide bonds. The van der Waals surface area contributed by atoms with Gasteiger partial charge in [-0.25, -0.2) is 19.6 Å². The van der Waals surface area contributed by atoms with Crippen LogP contribution in [0.4, 0.5) is 9.59 Å². The zero-order valence-electron chi connectivity index (χ0n) is 37.5. The summed E-state index contributed by atoms with van der Waals surface area (Å²) in [7, 11) is 2.58. The minimum absolute atomic E-state index is 0.0749. The normalized spacial score (nSPS) is 22.3. The third-order valence-corrected chi connectivity index (χ3v) is 13.7. The average Bonchev–Trinajstić information content (AvgIpc) is 4.14. The second-order valence-corrected chi connectivity index (χ2v) is 18.6. The third kappa shape index (κ3) is 10.5. The summed E-state index contributed by atoms with van der Waals surface area (Å²) in [5, 5.41) is 6.33. The summed E-state index contributed by atoms with van der Waals surface area (Å²) in [6.45, 7) is 7.35. The van der Waals surface area contributed by atoms with E-state index >= 15 is 0 Å². The van der Waals surface area contributed by atoms with E-state index in [1.54, 1.807) is 9.80 Å². The van der Waals surface area contributed by atoms with Crippen molar-refractivity contribution < 1.29 is 38.1 Å². The summed E-state index contributed by atoms with van der Waals surface area (Å²) in [6.07, 6.45) is 2.73. The maximum Gasteiger partial charge on any atom is 0.407 e. The Morgan fingerprint density at radius 2 is 1.02 bits per heavy atom. The van der Waals surface area contributed by atoms with Gasteiger partial charge < -0.3 is 49.3 Å². The number of carbonyl (C=O) groups excluding carboxylic acids is 4. The van der Waals surface area contributed by atoms with Crippen LogP contribution in [-0.2, 0) is 28.5 Å². The number of alkyl carbamates (subject to hydrolysis) is 2. The summed E-state index contributed by atoms with van der Waals surface area (Å²) < 4.78 is 20.8. The largest absolute Gasteiger partial charge is 0.453 e. The van der Waals surface area contributed by atoms with E-state index in [0.29, 0.717) is 111 Å². The summed E-state index contributed by atoms with van der Waals surface area (Å²) in [4.78, 5) is 72.9. The second kappa shape index (κ2) is 20.9. The lowest BCUT2D eigenvalue weighted by Crippen LogP contribution is -2.53. The first-order chi connectivity index (χ1) is 31.9. The van der Waals surface area contributed by atoms with Gasteiger partial charge in [0, 0.05) is 61.8 Å². The molecule has 18 heteroatoms. The number of ether oxygens (including phenoxy) is 4. The van der Waals surface area contributed by atoms with Crippen LogP contribution >= 0.6 is 23.2 Å². The van der Waals surface area contributed by atoms with Crippen molar-refractivity contribution in [2.24, 2.45) is 23.7 Å². The number of nitrogens with one attached hydrogen (secondary N) is 4. The first kappa shape index (κ1) is 46.9. The molecule has 0 aliphatic carbocycles. The number of rotatable bonds is 10. The van der Waals surface area contributed by atoms with Gasteiger partial charge in [0.2, 0.25) is 11.8 Å². The highest BCUT2D eigenvalue weighted by Crippen LogP contribution is 2.40. The van der Waals surface area contributed by atoms with Gasteiger partial charge >= 0.3 is 12.2 Å². The molecular weight excluding hydrogens is 887 g/mol. The number of methoxy groups -OCH3 is 2. The SMILES string of the molecule is COC(=O)N[C@H](C(=O)N1C[C@@H](C)C[C@H]1c1nc(-c2ccc(C#Cc3ccc(-c4nc([C@@H]5C[C@H](C)CN5C(=O)[C@H](NC(=O)OC)C5CCOCC5)[nH]c4Cl)cc3)cc2)c(Cl)[nH]1)C1CCOCC1. The molecular formula is C48H56Cl2N8O8. The third-order valence-electron chi connectivity index (χ3n) is 13.2. The number of aromatic nitrogens is 4. The summed E-state index contributed by atoms with van der Waals surface area (Å²) in [5.74, 6) is 7.57. The van der Waals surface area contributed by atoms with Gasteiger partial charge in [-0.15, -0.1) is 0 Å². The molecule has 66 heavy (non-hydrogen) atoms. The molecule has 4 N–H and O–H groups in total. The molecule has 4 aliphatic heterocycles. The van der Waals surface area contributed by atoms with E-state index < -0.39 is 24.3 Å². The molecule has 6 heterocycles. The minimum Gasteiger partial charge on any atom is -0.453 e. The summed E-state index contributed by atoms with van der Waals surface area (Å²) in [5.41, 5.74) is 4.30. The predicted molar refractivity (Wildman–Crippen MR) is 246 cm³/mol. The zero-order chi connectivity index (χ0) is 46.5. The maximum atomic E-state index is 14.1. The maximum absolute atomic E-state index is 14.1. The summed E-state index contributed by atoms with van der Waals surface area (Å²) >= 11 is 13.5. The number of imidazole rings is 2. The number of benzene rings is 2. The number of likely N-dealkylation sites (tertiary alicyclic amines) is 2. The molecule has 16 nitrogen and oxygen atoms in total. The molecule has 4 aliphatic rings. The van der Waals surface area contributed by atoms with Crippen LogP contribution in [0.25, 0.3) is 22.5 Å². The lowest BCUT2D eigenvalue weighted by molar-refractivity contribution is -0.137. The van der Waals surface area contributed by atoms with Crippen LogP contribution in [0, 0.1) is 35.5 Å². The number of H-pyrrole nitrogens is 2. The van der Waals surface area contributed by atoms with Gasteiger partial charge in [0.15, 0.2) is 0 Å². The Bertz CT molecular complexity index is 2270. The monoisotopic (exact) mass is 942 g/mol. The lowest BCUT2D eigenvalue weighted by atomic mass is 9.90. The van der Waals surface area contributed by atoms with Crippen LogP contribution in [0.1, 0.15) is 87.2 Å². The molecule has 350 valence electrons. The van der Waals surface area contributed by atoms with Crippen molar-refractivity contribution in [3.8, 4) is 34.4 Å². The van der Waals surface area contributed by atoms with Gasteiger partial charge in [-0.05, 0) is 86.5 Å². The van der Waals surface area contributed by atoms with E-state index in [-0.39, 0.29) is 47.6 Å². The number of carbonyl (C=O) groups is 4. The van der Waals surface area contributed by atoms with Crippen molar-refractivity contribution >= 4 is 47.2 Å². The fourth-order valence-electron chi connectivity index (χ4n) is 9.69. The quantitative estimate of drug-likeness (QED) is 0.117. The Balaban J connectivity index is 0.932. The molecule has 0 spiro atoms. The van der Waals surface area contributed by atoms with Crippen LogP contribution in [0.2, 0.25) is 10.3 Å². The molecule has 4 saturated heterocycles. The van der Waals surface area contributed by atoms with Gasteiger partial charge in [-0.1, -0.05) is 73.2 Å². The van der Waals surface area contributed by atoms with Crippen molar-refractivity contribution in [2.75, 3.05) is 53.7 Å². The Kier molecular flexibility index (Phi) is 14.9. The standard InChI is InChI=1S/C48H56Cl2N8O8/c1-27-23-35(57(25-27)45(59)39(53-47(61)63-3)33-15-19-65-20-16-33)43-51-37(41(49)55-43)31-11-7-29(8-12-31)5-6-30-9-13-32(14-10-30)38-42(50)56-44(52-38)36-24-28(2)26-58(36)46(60)40(54-48(62)64-4)34-17-21-66-22-18-34/h7-14,27-28,33-36,39-40H,15-26H2,1-4H3,(H,51,55)(H,52,56)(H,53,61)(H,54,62)/t27-,28-,35-,36-,39-,40+/m0/s1. The molecule has 0 radical (unpaired) electrons. The fraction of sp³-hybridized carbons (Fsp3) is 0.500. The second-order valence-electron chi connectivity index (χ2n) is 17.8. The van der Waals surface area contributed by atoms with Crippen LogP contribution < -0.4 is 10.6 Å². The molecule has 0 unspecified atom stereocenters. The molecule has 4 fully saturated rings. The zero-order valence-corrected chi connectivity index (χ0v) is 39.0. The van der Waals surface area contributed by atoms with Gasteiger partial charge in [0.05, 0.1) is 26.3 Å². The van der Waals surface area contributed by atoms with Crippen molar-refractivity contribution in [1.82, 2.24) is 40.4 Å². The highest BCUT2D eigenvalue weighted by molar-refractivity contribution is 6.32. The molecule has 4 aromatic rings. The number of hydrogen-bond acceptors (Lipinski definition) is 10. The minimum atomic E-state index is -0.743. The molecule has 2 aromatic heterocycles. The van der Waals surface area contributed by atoms with Crippen molar-refractivity contribution in [2.45, 2.75) is 76.5 Å². The van der Waals surface area contributed by atoms with Crippen LogP contribution in [0.5, 0.6) is 0 Å². The van der Waals surface area contributed by atoms with Crippen molar-refractivity contribution in [1.29, 1.82) is 0 Å². The number of hydrogen-bond donors (Lipinski definition) is 4. The Labute approximate surface area is 394 Å². The van der Waals surface area contributed by atoms with E-state index in [0.717, 1.165) is 22.3 Å². The Hall–Kier alpha value is -5.60. The molecule has 0 bridgehead atoms. The smallest absolute Gasteiger partial charge is 0.407 e. The van der Waals surface area contributed by atoms with Crippen LogP contribution in [0.15, 0.2) is 48.5 Å². The van der Waals surface area contributed by atoms with E-state index in [2.05, 4.69) is 46.3 Å². The van der Waals surface area contributed by atoms with Crippen molar-refractivity contribution in [3.63, 3.8) is 0 Å². The number of nitrogens with zero attached hydrogens (tertiary/aromatic N) is 4. The van der Waals surface area contributed by atoms with E-state index in [1.807, 2.05) is 48.5 Å². The molecule has 6 atom stereocenters. The van der Waals surface area contributed by atoms with Crippen LogP contribution in [0.3, 0.4) is 0 Å². The van der Waals surface area contributed by atoms with Gasteiger partial charge in [0.25, 0.3) is 0 Å². The number of halogens is 2. The fourth-order valence-corrected chi connectivity index (χ4v) is 10.2.